The molecule has 1 aromatic carbocycles. The van der Waals surface area contributed by atoms with Gasteiger partial charge in [0.1, 0.15) is 0 Å². The van der Waals surface area contributed by atoms with E-state index in [1.807, 2.05) is 12.1 Å². The second-order valence-corrected chi connectivity index (χ2v) is 7.62. The van der Waals surface area contributed by atoms with Gasteiger partial charge in [0.2, 0.25) is 5.91 Å². The van der Waals surface area contributed by atoms with Crippen LogP contribution in [0.4, 0.5) is 5.69 Å². The molecule has 0 aromatic heterocycles. The smallest absolute Gasteiger partial charge is 0.241 e. The maximum Gasteiger partial charge on any atom is 0.241 e. The van der Waals surface area contributed by atoms with Crippen LogP contribution >= 0.6 is 0 Å². The highest BCUT2D eigenvalue weighted by Gasteiger charge is 2.32. The molecule has 136 valence electrons. The summed E-state index contributed by atoms with van der Waals surface area (Å²) >= 11 is 0. The van der Waals surface area contributed by atoms with Crippen molar-refractivity contribution in [2.75, 3.05) is 51.3 Å². The van der Waals surface area contributed by atoms with Gasteiger partial charge < -0.3 is 10.1 Å². The highest BCUT2D eigenvalue weighted by Crippen LogP contribution is 2.27. The van der Waals surface area contributed by atoms with Gasteiger partial charge in [-0.05, 0) is 49.8 Å². The number of aryl methyl sites for hydroxylation is 1. The Morgan fingerprint density at radius 1 is 1.12 bits per heavy atom. The number of anilines is 1. The monoisotopic (exact) mass is 343 g/mol. The van der Waals surface area contributed by atoms with Crippen molar-refractivity contribution < 1.29 is 9.53 Å². The molecule has 25 heavy (non-hydrogen) atoms. The molecule has 2 saturated heterocycles. The van der Waals surface area contributed by atoms with Crippen LogP contribution in [0.5, 0.6) is 0 Å². The number of rotatable bonds is 3. The van der Waals surface area contributed by atoms with Crippen molar-refractivity contribution in [3.05, 3.63) is 29.8 Å². The van der Waals surface area contributed by atoms with E-state index in [9.17, 15) is 4.79 Å². The molecule has 0 radical (unpaired) electrons. The number of ether oxygens (including phenoxy) is 1. The van der Waals surface area contributed by atoms with Crippen LogP contribution < -0.4 is 5.32 Å². The third-order valence-corrected chi connectivity index (χ3v) is 5.88. The summed E-state index contributed by atoms with van der Waals surface area (Å²) in [5.41, 5.74) is 2.26. The first-order chi connectivity index (χ1) is 12.3. The summed E-state index contributed by atoms with van der Waals surface area (Å²) in [6.45, 7) is 7.07. The van der Waals surface area contributed by atoms with E-state index in [1.165, 1.54) is 18.4 Å². The van der Waals surface area contributed by atoms with Gasteiger partial charge in [0, 0.05) is 31.9 Å². The molecule has 1 aromatic rings. The van der Waals surface area contributed by atoms with Crippen LogP contribution in [0.1, 0.15) is 24.8 Å². The summed E-state index contributed by atoms with van der Waals surface area (Å²) in [5.74, 6) is 0.849. The van der Waals surface area contributed by atoms with Gasteiger partial charge in [-0.2, -0.15) is 0 Å². The van der Waals surface area contributed by atoms with Crippen LogP contribution in [0.15, 0.2) is 24.3 Å². The molecule has 3 aliphatic rings. The topological polar surface area (TPSA) is 44.8 Å². The number of carbonyl (C=O) groups is 1. The maximum absolute atomic E-state index is 12.8. The van der Waals surface area contributed by atoms with Gasteiger partial charge in [-0.1, -0.05) is 18.2 Å². The summed E-state index contributed by atoms with van der Waals surface area (Å²) in [6.07, 6.45) is 4.38. The van der Waals surface area contributed by atoms with Crippen LogP contribution in [-0.4, -0.2) is 67.7 Å². The largest absolute Gasteiger partial charge is 0.379 e. The van der Waals surface area contributed by atoms with E-state index < -0.39 is 0 Å². The molecule has 3 heterocycles. The summed E-state index contributed by atoms with van der Waals surface area (Å²) in [7, 11) is 0. The number of hydrogen-bond acceptors (Lipinski definition) is 4. The lowest BCUT2D eigenvalue weighted by molar-refractivity contribution is -0.122. The van der Waals surface area contributed by atoms with Crippen molar-refractivity contribution in [2.45, 2.75) is 31.7 Å². The first kappa shape index (κ1) is 17.0. The number of morpholine rings is 1. The lowest BCUT2D eigenvalue weighted by atomic mass is 9.94. The Bertz CT molecular complexity index is 600. The molecule has 0 aliphatic carbocycles. The van der Waals surface area contributed by atoms with E-state index >= 15 is 0 Å². The molecule has 0 saturated carbocycles. The minimum atomic E-state index is 0.0138. The third kappa shape index (κ3) is 4.05. The second-order valence-electron chi connectivity index (χ2n) is 7.62. The van der Waals surface area contributed by atoms with Crippen LogP contribution in [0, 0.1) is 5.92 Å². The molecule has 1 N–H and O–H groups in total. The molecule has 5 nitrogen and oxygen atoms in total. The fourth-order valence-electron chi connectivity index (χ4n) is 4.53. The first-order valence-corrected chi connectivity index (χ1v) is 9.72. The SMILES string of the molecule is O=C1Nc2ccccc2CC[C@@H]1N1CCC[C@H](CN2CCOCC2)C1. The molecule has 0 spiro atoms. The molecule has 5 heteroatoms. The zero-order valence-corrected chi connectivity index (χ0v) is 15.0. The van der Waals surface area contributed by atoms with Crippen molar-refractivity contribution in [1.82, 2.24) is 9.80 Å². The number of amides is 1. The normalized spacial score (nSPS) is 28.9. The van der Waals surface area contributed by atoms with Gasteiger partial charge in [-0.25, -0.2) is 0 Å². The highest BCUT2D eigenvalue weighted by atomic mass is 16.5. The Hall–Kier alpha value is -1.43. The highest BCUT2D eigenvalue weighted by molar-refractivity contribution is 5.96. The van der Waals surface area contributed by atoms with Crippen molar-refractivity contribution in [3.8, 4) is 0 Å². The van der Waals surface area contributed by atoms with Crippen LogP contribution in [0.3, 0.4) is 0 Å². The maximum atomic E-state index is 12.8. The fraction of sp³-hybridized carbons (Fsp3) is 0.650. The Kier molecular flexibility index (Phi) is 5.34. The number of nitrogens with zero attached hydrogens (tertiary/aromatic N) is 2. The quantitative estimate of drug-likeness (QED) is 0.912. The molecule has 2 atom stereocenters. The van der Waals surface area contributed by atoms with Crippen molar-refractivity contribution >= 4 is 11.6 Å². The van der Waals surface area contributed by atoms with E-state index in [1.54, 1.807) is 0 Å². The van der Waals surface area contributed by atoms with Crippen LogP contribution in [0.2, 0.25) is 0 Å². The lowest BCUT2D eigenvalue weighted by Crippen LogP contribution is -2.50. The van der Waals surface area contributed by atoms with Crippen LogP contribution in [0.25, 0.3) is 0 Å². The predicted octanol–water partition coefficient (Wildman–Crippen LogP) is 1.98. The zero-order valence-electron chi connectivity index (χ0n) is 15.0. The number of benzene rings is 1. The Labute approximate surface area is 150 Å². The molecular formula is C20H29N3O2. The Morgan fingerprint density at radius 3 is 2.84 bits per heavy atom. The molecule has 4 rings (SSSR count). The Balaban J connectivity index is 1.38. The van der Waals surface area contributed by atoms with Crippen molar-refractivity contribution in [2.24, 2.45) is 5.92 Å². The fourth-order valence-corrected chi connectivity index (χ4v) is 4.53. The standard InChI is InChI=1S/C20H29N3O2/c24-20-19(8-7-17-5-1-2-6-18(17)21-20)23-9-3-4-16(15-23)14-22-10-12-25-13-11-22/h1-2,5-6,16,19H,3-4,7-15H2,(H,21,24)/t16-,19+/m1/s1. The van der Waals surface area contributed by atoms with E-state index in [2.05, 4.69) is 27.2 Å². The van der Waals surface area contributed by atoms with Crippen molar-refractivity contribution in [3.63, 3.8) is 0 Å². The molecule has 2 fully saturated rings. The molecular weight excluding hydrogens is 314 g/mol. The summed E-state index contributed by atoms with van der Waals surface area (Å²) < 4.78 is 5.46. The first-order valence-electron chi connectivity index (χ1n) is 9.72. The van der Waals surface area contributed by atoms with Crippen molar-refractivity contribution in [1.29, 1.82) is 0 Å². The summed E-state index contributed by atoms with van der Waals surface area (Å²) in [5, 5.41) is 3.16. The van der Waals surface area contributed by atoms with Gasteiger partial charge in [0.15, 0.2) is 0 Å². The average molecular weight is 343 g/mol. The van der Waals surface area contributed by atoms with E-state index in [-0.39, 0.29) is 11.9 Å². The van der Waals surface area contributed by atoms with Crippen LogP contribution in [-0.2, 0) is 16.0 Å². The van der Waals surface area contributed by atoms with E-state index in [4.69, 9.17) is 4.74 Å². The summed E-state index contributed by atoms with van der Waals surface area (Å²) in [4.78, 5) is 17.8. The van der Waals surface area contributed by atoms with Gasteiger partial charge in [0.05, 0.1) is 19.3 Å². The van der Waals surface area contributed by atoms with Gasteiger partial charge in [-0.3, -0.25) is 14.6 Å². The lowest BCUT2D eigenvalue weighted by Gasteiger charge is -2.39. The number of fused-ring (bicyclic) bond motifs is 1. The van der Waals surface area contributed by atoms with E-state index in [0.717, 1.165) is 64.5 Å². The van der Waals surface area contributed by atoms with Gasteiger partial charge >= 0.3 is 0 Å². The third-order valence-electron chi connectivity index (χ3n) is 5.88. The number of likely N-dealkylation sites (tertiary alicyclic amines) is 1. The Morgan fingerprint density at radius 2 is 1.96 bits per heavy atom. The molecule has 3 aliphatic heterocycles. The number of hydrogen-bond donors (Lipinski definition) is 1. The van der Waals surface area contributed by atoms with Gasteiger partial charge in [-0.15, -0.1) is 0 Å². The average Bonchev–Trinajstić information content (AvgIpc) is 2.81. The number of piperidine rings is 1. The van der Waals surface area contributed by atoms with E-state index in [0.29, 0.717) is 5.92 Å². The second kappa shape index (κ2) is 7.85. The minimum absolute atomic E-state index is 0.0138. The summed E-state index contributed by atoms with van der Waals surface area (Å²) in [6, 6.07) is 8.23. The minimum Gasteiger partial charge on any atom is -0.379 e. The molecule has 0 bridgehead atoms. The predicted molar refractivity (Wildman–Crippen MR) is 98.7 cm³/mol. The molecule has 0 unspecified atom stereocenters. The molecule has 1 amide bonds. The number of nitrogens with one attached hydrogen (secondary N) is 1. The zero-order chi connectivity index (χ0) is 17.1. The van der Waals surface area contributed by atoms with Gasteiger partial charge in [0.25, 0.3) is 0 Å². The number of carbonyl (C=O) groups excluding carboxylic acids is 1. The number of para-hydroxylation sites is 1.